The molecule has 0 aliphatic carbocycles. The standard InChI is InChI=1S/C20H25N3O4S/c1-3-22-12-14-23(15-13-22)17-10-8-16(9-11-17)21-28(25,26)19-7-5-4-6-18(19)20(24)27-2/h4-11,21H,3,12-15H2,1-2H3/p+1. The highest BCUT2D eigenvalue weighted by molar-refractivity contribution is 7.92. The van der Waals surface area contributed by atoms with Crippen molar-refractivity contribution in [3.8, 4) is 0 Å². The molecular formula is C20H26N3O4S+. The van der Waals surface area contributed by atoms with E-state index in [4.69, 9.17) is 0 Å². The van der Waals surface area contributed by atoms with Gasteiger partial charge in [0.2, 0.25) is 0 Å². The molecule has 28 heavy (non-hydrogen) atoms. The predicted octanol–water partition coefficient (Wildman–Crippen LogP) is 0.999. The van der Waals surface area contributed by atoms with E-state index in [0.29, 0.717) is 5.69 Å². The molecule has 2 aromatic rings. The van der Waals surface area contributed by atoms with Crippen LogP contribution >= 0.6 is 0 Å². The van der Waals surface area contributed by atoms with Gasteiger partial charge in [0, 0.05) is 11.4 Å². The smallest absolute Gasteiger partial charge is 0.339 e. The maximum atomic E-state index is 12.8. The largest absolute Gasteiger partial charge is 0.465 e. The third kappa shape index (κ3) is 4.45. The minimum absolute atomic E-state index is 0.00501. The first-order chi connectivity index (χ1) is 13.4. The number of ether oxygens (including phenoxy) is 1. The lowest BCUT2D eigenvalue weighted by Crippen LogP contribution is -3.14. The molecule has 0 atom stereocenters. The minimum atomic E-state index is -3.92. The topological polar surface area (TPSA) is 80.2 Å². The summed E-state index contributed by atoms with van der Waals surface area (Å²) in [6.45, 7) is 7.53. The summed E-state index contributed by atoms with van der Waals surface area (Å²) in [5, 5.41) is 0. The molecule has 0 amide bonds. The zero-order valence-electron chi connectivity index (χ0n) is 16.1. The van der Waals surface area contributed by atoms with Crippen molar-refractivity contribution in [3.63, 3.8) is 0 Å². The Kier molecular flexibility index (Phi) is 6.21. The number of carbonyl (C=O) groups excluding carboxylic acids is 1. The van der Waals surface area contributed by atoms with Crippen LogP contribution in [0.4, 0.5) is 11.4 Å². The molecule has 1 aliphatic heterocycles. The van der Waals surface area contributed by atoms with E-state index in [-0.39, 0.29) is 10.5 Å². The minimum Gasteiger partial charge on any atom is -0.465 e. The van der Waals surface area contributed by atoms with E-state index >= 15 is 0 Å². The number of piperazine rings is 1. The fraction of sp³-hybridized carbons (Fsp3) is 0.350. The van der Waals surface area contributed by atoms with Gasteiger partial charge in [-0.05, 0) is 43.3 Å². The average molecular weight is 405 g/mol. The van der Waals surface area contributed by atoms with Gasteiger partial charge in [-0.15, -0.1) is 0 Å². The Balaban J connectivity index is 1.75. The van der Waals surface area contributed by atoms with Crippen molar-refractivity contribution >= 4 is 27.4 Å². The van der Waals surface area contributed by atoms with Gasteiger partial charge in [0.1, 0.15) is 4.90 Å². The van der Waals surface area contributed by atoms with E-state index in [2.05, 4.69) is 21.3 Å². The van der Waals surface area contributed by atoms with Crippen molar-refractivity contribution < 1.29 is 22.8 Å². The summed E-state index contributed by atoms with van der Waals surface area (Å²) in [7, 11) is -2.69. The lowest BCUT2D eigenvalue weighted by Gasteiger charge is -2.33. The predicted molar refractivity (Wildman–Crippen MR) is 108 cm³/mol. The molecule has 2 aromatic carbocycles. The van der Waals surface area contributed by atoms with Crippen LogP contribution in [0, 0.1) is 0 Å². The lowest BCUT2D eigenvalue weighted by atomic mass is 10.2. The molecule has 0 unspecified atom stereocenters. The van der Waals surface area contributed by atoms with Gasteiger partial charge in [0.15, 0.2) is 0 Å². The van der Waals surface area contributed by atoms with Crippen LogP contribution in [0.2, 0.25) is 0 Å². The van der Waals surface area contributed by atoms with Gasteiger partial charge in [-0.2, -0.15) is 0 Å². The molecule has 0 radical (unpaired) electrons. The lowest BCUT2D eigenvalue weighted by molar-refractivity contribution is -0.898. The van der Waals surface area contributed by atoms with Crippen LogP contribution < -0.4 is 14.5 Å². The summed E-state index contributed by atoms with van der Waals surface area (Å²) in [5.74, 6) is -0.690. The van der Waals surface area contributed by atoms with Crippen LogP contribution in [0.5, 0.6) is 0 Å². The first-order valence-corrected chi connectivity index (χ1v) is 10.8. The molecule has 0 saturated carbocycles. The van der Waals surface area contributed by atoms with E-state index in [0.717, 1.165) is 38.4 Å². The van der Waals surface area contributed by atoms with Crippen LogP contribution in [-0.4, -0.2) is 54.2 Å². The Hall–Kier alpha value is -2.58. The van der Waals surface area contributed by atoms with Crippen LogP contribution in [-0.2, 0) is 14.8 Å². The molecule has 1 saturated heterocycles. The summed E-state index contributed by atoms with van der Waals surface area (Å²) in [6.07, 6.45) is 0. The average Bonchev–Trinajstić information content (AvgIpc) is 2.73. The van der Waals surface area contributed by atoms with Crippen LogP contribution in [0.1, 0.15) is 17.3 Å². The van der Waals surface area contributed by atoms with Gasteiger partial charge < -0.3 is 14.5 Å². The maximum absolute atomic E-state index is 12.8. The third-order valence-electron chi connectivity index (χ3n) is 5.04. The van der Waals surface area contributed by atoms with Crippen LogP contribution in [0.15, 0.2) is 53.4 Å². The Morgan fingerprint density at radius 1 is 1.11 bits per heavy atom. The van der Waals surface area contributed by atoms with E-state index in [1.165, 1.54) is 19.2 Å². The Morgan fingerprint density at radius 2 is 1.75 bits per heavy atom. The van der Waals surface area contributed by atoms with Crippen molar-refractivity contribution in [1.29, 1.82) is 0 Å². The Morgan fingerprint density at radius 3 is 2.36 bits per heavy atom. The molecular weight excluding hydrogens is 378 g/mol. The summed E-state index contributed by atoms with van der Waals surface area (Å²) >= 11 is 0. The molecule has 0 spiro atoms. The Bertz CT molecular complexity index is 921. The highest BCUT2D eigenvalue weighted by Crippen LogP contribution is 2.23. The summed E-state index contributed by atoms with van der Waals surface area (Å²) in [4.78, 5) is 15.7. The summed E-state index contributed by atoms with van der Waals surface area (Å²) in [5.41, 5.74) is 1.53. The highest BCUT2D eigenvalue weighted by atomic mass is 32.2. The van der Waals surface area contributed by atoms with Crippen molar-refractivity contribution in [2.45, 2.75) is 11.8 Å². The number of carbonyl (C=O) groups is 1. The number of nitrogens with one attached hydrogen (secondary N) is 2. The third-order valence-corrected chi connectivity index (χ3v) is 6.48. The SMILES string of the molecule is CC[NH+]1CCN(c2ccc(NS(=O)(=O)c3ccccc3C(=O)OC)cc2)CC1. The number of benzene rings is 2. The van der Waals surface area contributed by atoms with Gasteiger partial charge in [-0.3, -0.25) is 4.72 Å². The molecule has 150 valence electrons. The quantitative estimate of drug-likeness (QED) is 0.702. The first-order valence-electron chi connectivity index (χ1n) is 9.33. The van der Waals surface area contributed by atoms with E-state index in [1.54, 1.807) is 29.2 Å². The maximum Gasteiger partial charge on any atom is 0.339 e. The Labute approximate surface area is 166 Å². The van der Waals surface area contributed by atoms with Gasteiger partial charge in [-0.25, -0.2) is 13.2 Å². The number of quaternary nitrogens is 1. The second kappa shape index (κ2) is 8.62. The van der Waals surface area contributed by atoms with Crippen molar-refractivity contribution in [2.75, 3.05) is 49.5 Å². The van der Waals surface area contributed by atoms with Gasteiger partial charge in [0.25, 0.3) is 10.0 Å². The number of esters is 1. The van der Waals surface area contributed by atoms with E-state index < -0.39 is 16.0 Å². The monoisotopic (exact) mass is 404 g/mol. The van der Waals surface area contributed by atoms with Crippen molar-refractivity contribution in [1.82, 2.24) is 0 Å². The van der Waals surface area contributed by atoms with Crippen molar-refractivity contribution in [3.05, 3.63) is 54.1 Å². The number of anilines is 2. The number of hydrogen-bond donors (Lipinski definition) is 2. The number of methoxy groups -OCH3 is 1. The van der Waals surface area contributed by atoms with Gasteiger partial charge in [-0.1, -0.05) is 12.1 Å². The molecule has 7 nitrogen and oxygen atoms in total. The molecule has 1 fully saturated rings. The summed E-state index contributed by atoms with van der Waals surface area (Å²) < 4.78 is 32.8. The fourth-order valence-electron chi connectivity index (χ4n) is 3.36. The summed E-state index contributed by atoms with van der Waals surface area (Å²) in [6, 6.07) is 13.3. The fourth-order valence-corrected chi connectivity index (χ4v) is 4.62. The second-order valence-corrected chi connectivity index (χ2v) is 8.38. The molecule has 2 N–H and O–H groups in total. The normalized spacial score (nSPS) is 15.3. The highest BCUT2D eigenvalue weighted by Gasteiger charge is 2.23. The van der Waals surface area contributed by atoms with Crippen LogP contribution in [0.3, 0.4) is 0 Å². The molecule has 1 aliphatic rings. The molecule has 0 aromatic heterocycles. The van der Waals surface area contributed by atoms with Crippen LogP contribution in [0.25, 0.3) is 0 Å². The zero-order chi connectivity index (χ0) is 20.1. The number of sulfonamides is 1. The number of nitrogens with zero attached hydrogens (tertiary/aromatic N) is 1. The number of hydrogen-bond acceptors (Lipinski definition) is 5. The van der Waals surface area contributed by atoms with Gasteiger partial charge in [0.05, 0.1) is 45.4 Å². The molecule has 0 bridgehead atoms. The molecule has 1 heterocycles. The van der Waals surface area contributed by atoms with Gasteiger partial charge >= 0.3 is 5.97 Å². The number of likely N-dealkylation sites (N-methyl/N-ethyl adjacent to an activating group) is 1. The number of rotatable bonds is 6. The molecule has 3 rings (SSSR count). The first kappa shape index (κ1) is 20.2. The second-order valence-electron chi connectivity index (χ2n) is 6.73. The molecule has 8 heteroatoms. The zero-order valence-corrected chi connectivity index (χ0v) is 17.0. The van der Waals surface area contributed by atoms with E-state index in [9.17, 15) is 13.2 Å². The van der Waals surface area contributed by atoms with E-state index in [1.807, 2.05) is 12.1 Å². The van der Waals surface area contributed by atoms with Crippen molar-refractivity contribution in [2.24, 2.45) is 0 Å².